The molecule has 2 unspecified atom stereocenters. The standard InChI is InChI=1S/C10H21N3O4/c1-7(8(14)13-9(11)15)12-6-10(2,16)4-5-17-3/h7,12,16H,4-6H2,1-3H3,(H3,11,13,14,15). The summed E-state index contributed by atoms with van der Waals surface area (Å²) in [5.74, 6) is -0.528. The number of rotatable bonds is 7. The van der Waals surface area contributed by atoms with Crippen molar-refractivity contribution in [2.75, 3.05) is 20.3 Å². The van der Waals surface area contributed by atoms with Crippen LogP contribution in [0.2, 0.25) is 0 Å². The van der Waals surface area contributed by atoms with E-state index in [4.69, 9.17) is 10.5 Å². The van der Waals surface area contributed by atoms with E-state index in [0.29, 0.717) is 13.0 Å². The molecule has 0 bridgehead atoms. The lowest BCUT2D eigenvalue weighted by Crippen LogP contribution is -2.50. The van der Waals surface area contributed by atoms with Gasteiger partial charge in [0.05, 0.1) is 11.6 Å². The van der Waals surface area contributed by atoms with Crippen molar-refractivity contribution in [3.63, 3.8) is 0 Å². The number of hydrogen-bond donors (Lipinski definition) is 4. The van der Waals surface area contributed by atoms with E-state index in [1.807, 2.05) is 5.32 Å². The smallest absolute Gasteiger partial charge is 0.318 e. The topological polar surface area (TPSA) is 114 Å². The average Bonchev–Trinajstić information content (AvgIpc) is 2.22. The van der Waals surface area contributed by atoms with Crippen LogP contribution in [-0.4, -0.2) is 48.9 Å². The van der Waals surface area contributed by atoms with Crippen molar-refractivity contribution >= 4 is 11.9 Å². The van der Waals surface area contributed by atoms with Crippen molar-refractivity contribution in [2.24, 2.45) is 5.73 Å². The number of hydrogen-bond acceptors (Lipinski definition) is 5. The zero-order valence-electron chi connectivity index (χ0n) is 10.4. The second-order valence-corrected chi connectivity index (χ2v) is 4.20. The van der Waals surface area contributed by atoms with Crippen molar-refractivity contribution in [2.45, 2.75) is 31.9 Å². The molecule has 100 valence electrons. The summed E-state index contributed by atoms with van der Waals surface area (Å²) in [7, 11) is 1.55. The van der Waals surface area contributed by atoms with Crippen LogP contribution < -0.4 is 16.4 Å². The van der Waals surface area contributed by atoms with Gasteiger partial charge in [0.15, 0.2) is 0 Å². The van der Waals surface area contributed by atoms with Gasteiger partial charge in [-0.1, -0.05) is 0 Å². The van der Waals surface area contributed by atoms with Gasteiger partial charge in [0, 0.05) is 26.7 Å². The van der Waals surface area contributed by atoms with Gasteiger partial charge >= 0.3 is 6.03 Å². The lowest BCUT2D eigenvalue weighted by Gasteiger charge is -2.25. The molecule has 0 spiro atoms. The number of imide groups is 1. The second-order valence-electron chi connectivity index (χ2n) is 4.20. The molecule has 7 heteroatoms. The van der Waals surface area contributed by atoms with E-state index in [2.05, 4.69) is 5.32 Å². The number of nitrogens with one attached hydrogen (secondary N) is 2. The summed E-state index contributed by atoms with van der Waals surface area (Å²) in [5.41, 5.74) is 3.84. The molecule has 0 aromatic carbocycles. The fourth-order valence-corrected chi connectivity index (χ4v) is 1.11. The Hall–Kier alpha value is -1.18. The Bertz CT molecular complexity index is 268. The third kappa shape index (κ3) is 7.67. The van der Waals surface area contributed by atoms with Crippen molar-refractivity contribution in [3.05, 3.63) is 0 Å². The molecule has 5 N–H and O–H groups in total. The first-order chi connectivity index (χ1) is 7.78. The van der Waals surface area contributed by atoms with E-state index in [1.165, 1.54) is 0 Å². The predicted molar refractivity (Wildman–Crippen MR) is 62.3 cm³/mol. The van der Waals surface area contributed by atoms with Gasteiger partial charge in [-0.2, -0.15) is 0 Å². The van der Waals surface area contributed by atoms with E-state index in [9.17, 15) is 14.7 Å². The summed E-state index contributed by atoms with van der Waals surface area (Å²) in [5, 5.41) is 14.7. The lowest BCUT2D eigenvalue weighted by atomic mass is 10.0. The number of carbonyl (C=O) groups excluding carboxylic acids is 2. The Labute approximate surface area is 101 Å². The molecule has 3 amide bonds. The summed E-state index contributed by atoms with van der Waals surface area (Å²) >= 11 is 0. The molecule has 0 aliphatic rings. The quantitative estimate of drug-likeness (QED) is 0.458. The number of methoxy groups -OCH3 is 1. The molecule has 0 fully saturated rings. The molecule has 0 rings (SSSR count). The van der Waals surface area contributed by atoms with Crippen LogP contribution in [0.5, 0.6) is 0 Å². The summed E-state index contributed by atoms with van der Waals surface area (Å²) in [6, 6.07) is -1.51. The first-order valence-corrected chi connectivity index (χ1v) is 5.33. The monoisotopic (exact) mass is 247 g/mol. The minimum atomic E-state index is -0.975. The minimum absolute atomic E-state index is 0.212. The Morgan fingerprint density at radius 2 is 2.12 bits per heavy atom. The maximum atomic E-state index is 11.3. The van der Waals surface area contributed by atoms with Gasteiger partial charge in [-0.3, -0.25) is 10.1 Å². The molecule has 7 nitrogen and oxygen atoms in total. The van der Waals surface area contributed by atoms with Gasteiger partial charge in [0.1, 0.15) is 0 Å². The number of primary amides is 1. The van der Waals surface area contributed by atoms with E-state index < -0.39 is 23.6 Å². The molecular weight excluding hydrogens is 226 g/mol. The van der Waals surface area contributed by atoms with Crippen LogP contribution in [0, 0.1) is 0 Å². The van der Waals surface area contributed by atoms with Crippen LogP contribution in [0.3, 0.4) is 0 Å². The van der Waals surface area contributed by atoms with Gasteiger partial charge in [0.25, 0.3) is 0 Å². The molecule has 0 aromatic rings. The van der Waals surface area contributed by atoms with Crippen molar-refractivity contribution in [1.29, 1.82) is 0 Å². The Morgan fingerprint density at radius 1 is 1.53 bits per heavy atom. The number of nitrogens with two attached hydrogens (primary N) is 1. The van der Waals surface area contributed by atoms with E-state index in [0.717, 1.165) is 0 Å². The summed E-state index contributed by atoms with van der Waals surface area (Å²) in [6.07, 6.45) is 0.445. The van der Waals surface area contributed by atoms with Gasteiger partial charge in [0.2, 0.25) is 5.91 Å². The van der Waals surface area contributed by atoms with Gasteiger partial charge in [-0.25, -0.2) is 4.79 Å². The molecule has 0 aliphatic carbocycles. The van der Waals surface area contributed by atoms with Crippen LogP contribution in [0.1, 0.15) is 20.3 Å². The Kier molecular flexibility index (Phi) is 6.71. The number of ether oxygens (including phenoxy) is 1. The van der Waals surface area contributed by atoms with Gasteiger partial charge in [-0.05, 0) is 13.8 Å². The zero-order chi connectivity index (χ0) is 13.5. The van der Waals surface area contributed by atoms with Gasteiger partial charge < -0.3 is 20.9 Å². The SMILES string of the molecule is COCCC(C)(O)CNC(C)C(=O)NC(N)=O. The Morgan fingerprint density at radius 3 is 2.59 bits per heavy atom. The number of aliphatic hydroxyl groups is 1. The lowest BCUT2D eigenvalue weighted by molar-refractivity contribution is -0.121. The number of carbonyl (C=O) groups is 2. The average molecular weight is 247 g/mol. The number of amides is 3. The van der Waals surface area contributed by atoms with Crippen LogP contribution in [-0.2, 0) is 9.53 Å². The summed E-state index contributed by atoms with van der Waals surface area (Å²) < 4.78 is 4.86. The maximum Gasteiger partial charge on any atom is 0.318 e. The summed E-state index contributed by atoms with van der Waals surface area (Å²) in [6.45, 7) is 3.85. The highest BCUT2D eigenvalue weighted by Crippen LogP contribution is 2.07. The third-order valence-electron chi connectivity index (χ3n) is 2.27. The molecule has 0 saturated carbocycles. The molecule has 0 saturated heterocycles. The fraction of sp³-hybridized carbons (Fsp3) is 0.800. The second kappa shape index (κ2) is 7.21. The molecule has 2 atom stereocenters. The first kappa shape index (κ1) is 15.8. The van der Waals surface area contributed by atoms with Crippen LogP contribution in [0.25, 0.3) is 0 Å². The normalized spacial score (nSPS) is 16.0. The van der Waals surface area contributed by atoms with Crippen LogP contribution in [0.15, 0.2) is 0 Å². The first-order valence-electron chi connectivity index (χ1n) is 5.33. The molecule has 17 heavy (non-hydrogen) atoms. The third-order valence-corrected chi connectivity index (χ3v) is 2.27. The maximum absolute atomic E-state index is 11.3. The minimum Gasteiger partial charge on any atom is -0.389 e. The zero-order valence-corrected chi connectivity index (χ0v) is 10.4. The van der Waals surface area contributed by atoms with Crippen molar-refractivity contribution < 1.29 is 19.4 Å². The molecule has 0 aromatic heterocycles. The highest BCUT2D eigenvalue weighted by Gasteiger charge is 2.22. The molecule has 0 radical (unpaired) electrons. The molecule has 0 heterocycles. The van der Waals surface area contributed by atoms with E-state index in [-0.39, 0.29) is 6.54 Å². The van der Waals surface area contributed by atoms with Crippen LogP contribution in [0.4, 0.5) is 4.79 Å². The van der Waals surface area contributed by atoms with E-state index in [1.54, 1.807) is 21.0 Å². The fourth-order valence-electron chi connectivity index (χ4n) is 1.11. The van der Waals surface area contributed by atoms with Gasteiger partial charge in [-0.15, -0.1) is 0 Å². The highest BCUT2D eigenvalue weighted by molar-refractivity contribution is 5.96. The Balaban J connectivity index is 4.00. The predicted octanol–water partition coefficient (Wildman–Crippen LogP) is -1.05. The van der Waals surface area contributed by atoms with Crippen LogP contribution >= 0.6 is 0 Å². The van der Waals surface area contributed by atoms with Crippen molar-refractivity contribution in [3.8, 4) is 0 Å². The summed E-state index contributed by atoms with van der Waals surface area (Å²) in [4.78, 5) is 21.8. The van der Waals surface area contributed by atoms with Crippen molar-refractivity contribution in [1.82, 2.24) is 10.6 Å². The van der Waals surface area contributed by atoms with E-state index >= 15 is 0 Å². The largest absolute Gasteiger partial charge is 0.389 e. The number of urea groups is 1. The molecule has 0 aliphatic heterocycles. The molecular formula is C10H21N3O4. The highest BCUT2D eigenvalue weighted by atomic mass is 16.5.